The highest BCUT2D eigenvalue weighted by Gasteiger charge is 1.97. The minimum absolute atomic E-state index is 0. The quantitative estimate of drug-likeness (QED) is 0.322. The third kappa shape index (κ3) is 8.21. The summed E-state index contributed by atoms with van der Waals surface area (Å²) in [7, 11) is 1.65. The molecule has 1 rings (SSSR count). The molecule has 0 aliphatic heterocycles. The van der Waals surface area contributed by atoms with Gasteiger partial charge in [0.1, 0.15) is 12.4 Å². The second-order valence-corrected chi connectivity index (χ2v) is 4.49. The van der Waals surface area contributed by atoms with E-state index in [0.29, 0.717) is 31.8 Å². The van der Waals surface area contributed by atoms with Crippen molar-refractivity contribution in [1.82, 2.24) is 5.32 Å². The fourth-order valence-electron chi connectivity index (χ4n) is 1.45. The molecule has 0 aliphatic carbocycles. The van der Waals surface area contributed by atoms with E-state index in [1.165, 1.54) is 0 Å². The van der Waals surface area contributed by atoms with Crippen LogP contribution in [0.15, 0.2) is 29.3 Å². The largest absolute Gasteiger partial charge is 0.491 e. The minimum Gasteiger partial charge on any atom is -0.491 e. The number of ether oxygens (including phenoxy) is 2. The van der Waals surface area contributed by atoms with Crippen LogP contribution >= 0.6 is 24.0 Å². The predicted octanol–water partition coefficient (Wildman–Crippen LogP) is 2.14. The molecule has 6 heteroatoms. The number of hydrogen-bond donors (Lipinski definition) is 2. The second kappa shape index (κ2) is 10.7. The van der Waals surface area contributed by atoms with Crippen molar-refractivity contribution < 1.29 is 9.47 Å². The maximum absolute atomic E-state index is 5.73. The summed E-state index contributed by atoms with van der Waals surface area (Å²) >= 11 is 0. The third-order valence-corrected chi connectivity index (χ3v) is 2.35. The molecule has 20 heavy (non-hydrogen) atoms. The van der Waals surface area contributed by atoms with E-state index in [-0.39, 0.29) is 24.0 Å². The van der Waals surface area contributed by atoms with Crippen LogP contribution in [-0.4, -0.2) is 32.3 Å². The first kappa shape index (κ1) is 19.0. The van der Waals surface area contributed by atoms with Gasteiger partial charge in [0.15, 0.2) is 5.96 Å². The van der Waals surface area contributed by atoms with Crippen LogP contribution in [0.25, 0.3) is 0 Å². The van der Waals surface area contributed by atoms with Crippen molar-refractivity contribution in [3.8, 4) is 5.75 Å². The van der Waals surface area contributed by atoms with Gasteiger partial charge in [-0.15, -0.1) is 24.0 Å². The minimum atomic E-state index is 0. The zero-order valence-corrected chi connectivity index (χ0v) is 14.6. The molecule has 0 radical (unpaired) electrons. The first-order chi connectivity index (χ1) is 9.11. The van der Waals surface area contributed by atoms with E-state index < -0.39 is 0 Å². The number of nitrogens with one attached hydrogen (secondary N) is 1. The molecule has 1 aromatic carbocycles. The molecule has 114 valence electrons. The van der Waals surface area contributed by atoms with Gasteiger partial charge >= 0.3 is 0 Å². The SMILES string of the molecule is COCCOc1ccc(CN=C(N)NC(C)C)cc1.I. The summed E-state index contributed by atoms with van der Waals surface area (Å²) in [5.74, 6) is 1.30. The first-order valence-corrected chi connectivity index (χ1v) is 6.39. The Bertz CT molecular complexity index is 394. The summed E-state index contributed by atoms with van der Waals surface area (Å²) in [5.41, 5.74) is 6.82. The van der Waals surface area contributed by atoms with Crippen molar-refractivity contribution in [2.75, 3.05) is 20.3 Å². The van der Waals surface area contributed by atoms with Crippen molar-refractivity contribution in [2.24, 2.45) is 10.7 Å². The van der Waals surface area contributed by atoms with Crippen LogP contribution in [0.5, 0.6) is 5.75 Å². The maximum atomic E-state index is 5.73. The Hall–Kier alpha value is -1.02. The van der Waals surface area contributed by atoms with Crippen LogP contribution in [0.1, 0.15) is 19.4 Å². The summed E-state index contributed by atoms with van der Waals surface area (Å²) in [6.07, 6.45) is 0. The fraction of sp³-hybridized carbons (Fsp3) is 0.500. The molecule has 0 aromatic heterocycles. The average Bonchev–Trinajstić information content (AvgIpc) is 2.37. The van der Waals surface area contributed by atoms with E-state index in [1.807, 2.05) is 38.1 Å². The highest BCUT2D eigenvalue weighted by Crippen LogP contribution is 2.12. The standard InChI is InChI=1S/C14H23N3O2.HI/c1-11(2)17-14(15)16-10-12-4-6-13(7-5-12)19-9-8-18-3;/h4-7,11H,8-10H2,1-3H3,(H3,15,16,17);1H. The molecule has 0 spiro atoms. The summed E-state index contributed by atoms with van der Waals surface area (Å²) in [4.78, 5) is 4.26. The van der Waals surface area contributed by atoms with E-state index >= 15 is 0 Å². The molecular formula is C14H24IN3O2. The smallest absolute Gasteiger partial charge is 0.189 e. The molecule has 0 bridgehead atoms. The van der Waals surface area contributed by atoms with E-state index in [9.17, 15) is 0 Å². The first-order valence-electron chi connectivity index (χ1n) is 6.39. The van der Waals surface area contributed by atoms with Gasteiger partial charge in [0.25, 0.3) is 0 Å². The molecule has 0 unspecified atom stereocenters. The van der Waals surface area contributed by atoms with Crippen LogP contribution in [0.3, 0.4) is 0 Å². The summed E-state index contributed by atoms with van der Waals surface area (Å²) in [6.45, 7) is 5.75. The van der Waals surface area contributed by atoms with Gasteiger partial charge in [0, 0.05) is 13.2 Å². The number of aliphatic imine (C=N–C) groups is 1. The highest BCUT2D eigenvalue weighted by atomic mass is 127. The number of benzene rings is 1. The Morgan fingerprint density at radius 3 is 2.45 bits per heavy atom. The van der Waals surface area contributed by atoms with Crippen LogP contribution in [0.4, 0.5) is 0 Å². The number of nitrogens with zero attached hydrogens (tertiary/aromatic N) is 1. The Kier molecular flexibility index (Phi) is 10.2. The second-order valence-electron chi connectivity index (χ2n) is 4.49. The molecule has 0 atom stereocenters. The fourth-order valence-corrected chi connectivity index (χ4v) is 1.45. The third-order valence-electron chi connectivity index (χ3n) is 2.35. The number of nitrogens with two attached hydrogens (primary N) is 1. The molecule has 0 fully saturated rings. The Morgan fingerprint density at radius 2 is 1.90 bits per heavy atom. The van der Waals surface area contributed by atoms with Gasteiger partial charge in [-0.3, -0.25) is 0 Å². The van der Waals surface area contributed by atoms with Gasteiger partial charge in [-0.1, -0.05) is 12.1 Å². The van der Waals surface area contributed by atoms with Gasteiger partial charge < -0.3 is 20.5 Å². The maximum Gasteiger partial charge on any atom is 0.189 e. The van der Waals surface area contributed by atoms with E-state index in [4.69, 9.17) is 15.2 Å². The Balaban J connectivity index is 0.00000361. The number of halogens is 1. The molecule has 0 saturated heterocycles. The van der Waals surface area contributed by atoms with Gasteiger partial charge in [-0.05, 0) is 31.5 Å². The number of rotatable bonds is 7. The van der Waals surface area contributed by atoms with Crippen LogP contribution in [0.2, 0.25) is 0 Å². The van der Waals surface area contributed by atoms with Crippen LogP contribution < -0.4 is 15.8 Å². The Morgan fingerprint density at radius 1 is 1.25 bits per heavy atom. The summed E-state index contributed by atoms with van der Waals surface area (Å²) in [5, 5.41) is 3.05. The van der Waals surface area contributed by atoms with Crippen molar-refractivity contribution in [2.45, 2.75) is 26.4 Å². The lowest BCUT2D eigenvalue weighted by Gasteiger charge is -2.09. The van der Waals surface area contributed by atoms with Gasteiger partial charge in [-0.25, -0.2) is 4.99 Å². The summed E-state index contributed by atoms with van der Waals surface area (Å²) < 4.78 is 10.4. The Labute approximate surface area is 138 Å². The lowest BCUT2D eigenvalue weighted by atomic mass is 10.2. The van der Waals surface area contributed by atoms with Crippen LogP contribution in [-0.2, 0) is 11.3 Å². The van der Waals surface area contributed by atoms with Crippen LogP contribution in [0, 0.1) is 0 Å². The van der Waals surface area contributed by atoms with Gasteiger partial charge in [0.05, 0.1) is 13.2 Å². The van der Waals surface area contributed by atoms with Gasteiger partial charge in [0.2, 0.25) is 0 Å². The zero-order valence-electron chi connectivity index (χ0n) is 12.3. The molecule has 0 saturated carbocycles. The van der Waals surface area contributed by atoms with Gasteiger partial charge in [-0.2, -0.15) is 0 Å². The molecule has 5 nitrogen and oxygen atoms in total. The van der Waals surface area contributed by atoms with E-state index in [0.717, 1.165) is 11.3 Å². The van der Waals surface area contributed by atoms with Crippen molar-refractivity contribution in [1.29, 1.82) is 0 Å². The number of methoxy groups -OCH3 is 1. The molecule has 0 heterocycles. The molecule has 0 aliphatic rings. The lowest BCUT2D eigenvalue weighted by Crippen LogP contribution is -2.36. The average molecular weight is 393 g/mol. The normalized spacial score (nSPS) is 11.1. The molecule has 1 aromatic rings. The van der Waals surface area contributed by atoms with Crippen molar-refractivity contribution >= 4 is 29.9 Å². The summed E-state index contributed by atoms with van der Waals surface area (Å²) in [6, 6.07) is 8.10. The van der Waals surface area contributed by atoms with E-state index in [1.54, 1.807) is 7.11 Å². The molecule has 3 N–H and O–H groups in total. The van der Waals surface area contributed by atoms with E-state index in [2.05, 4.69) is 10.3 Å². The molecule has 0 amide bonds. The number of hydrogen-bond acceptors (Lipinski definition) is 3. The molecular weight excluding hydrogens is 369 g/mol. The predicted molar refractivity (Wildman–Crippen MR) is 92.8 cm³/mol. The zero-order chi connectivity index (χ0) is 14.1. The van der Waals surface area contributed by atoms with Crippen molar-refractivity contribution in [3.05, 3.63) is 29.8 Å². The lowest BCUT2D eigenvalue weighted by molar-refractivity contribution is 0.146. The highest BCUT2D eigenvalue weighted by molar-refractivity contribution is 14.0. The topological polar surface area (TPSA) is 68.9 Å². The van der Waals surface area contributed by atoms with Crippen molar-refractivity contribution in [3.63, 3.8) is 0 Å². The monoisotopic (exact) mass is 393 g/mol. The number of guanidine groups is 1.